The van der Waals surface area contributed by atoms with Crippen LogP contribution in [0, 0.1) is 0 Å². The number of hydrogen-bond acceptors (Lipinski definition) is 5. The van der Waals surface area contributed by atoms with Gasteiger partial charge in [-0.15, -0.1) is 0 Å². The number of anilines is 1. The highest BCUT2D eigenvalue weighted by atomic mass is 16.4. The Kier molecular flexibility index (Phi) is 5.50. The molecule has 1 heterocycles. The smallest absolute Gasteiger partial charge is 0.347 e. The number of aromatic nitrogens is 1. The first-order valence-electron chi connectivity index (χ1n) is 9.21. The van der Waals surface area contributed by atoms with E-state index in [0.29, 0.717) is 16.8 Å². The first-order chi connectivity index (χ1) is 13.6. The highest BCUT2D eigenvalue weighted by Gasteiger charge is 2.15. The molecule has 3 aromatic rings. The van der Waals surface area contributed by atoms with Crippen LogP contribution in [-0.4, -0.2) is 22.0 Å². The fraction of sp³-hybridized carbons (Fsp3) is 0.273. The molecular weight excluding hydrogens is 372 g/mol. The van der Waals surface area contributed by atoms with Crippen molar-refractivity contribution in [3.8, 4) is 11.5 Å². The zero-order chi connectivity index (χ0) is 21.2. The minimum Gasteiger partial charge on any atom is -0.481 e. The summed E-state index contributed by atoms with van der Waals surface area (Å²) in [6.45, 7) is 6.36. The van der Waals surface area contributed by atoms with Gasteiger partial charge in [0, 0.05) is 17.7 Å². The first-order valence-corrected chi connectivity index (χ1v) is 9.21. The minimum atomic E-state index is -1.05. The van der Waals surface area contributed by atoms with Crippen LogP contribution in [0.1, 0.15) is 39.2 Å². The maximum absolute atomic E-state index is 12.5. The molecule has 0 atom stereocenters. The number of benzene rings is 2. The average molecular weight is 394 g/mol. The molecule has 0 radical (unpaired) electrons. The van der Waals surface area contributed by atoms with Gasteiger partial charge < -0.3 is 14.8 Å². The molecule has 2 aromatic carbocycles. The summed E-state index contributed by atoms with van der Waals surface area (Å²) in [5.41, 5.74) is 2.13. The van der Waals surface area contributed by atoms with Gasteiger partial charge in [-0.25, -0.2) is 9.78 Å². The Labute approximate surface area is 167 Å². The van der Waals surface area contributed by atoms with Crippen molar-refractivity contribution in [1.82, 2.24) is 4.98 Å². The molecule has 150 valence electrons. The van der Waals surface area contributed by atoms with Crippen molar-refractivity contribution in [3.63, 3.8) is 0 Å². The molecule has 0 saturated heterocycles. The fourth-order valence-corrected chi connectivity index (χ4v) is 2.83. The van der Waals surface area contributed by atoms with Gasteiger partial charge in [0.15, 0.2) is 0 Å². The lowest BCUT2D eigenvalue weighted by Crippen LogP contribution is -2.13. The van der Waals surface area contributed by atoms with Crippen molar-refractivity contribution >= 4 is 28.5 Å². The van der Waals surface area contributed by atoms with Crippen LogP contribution in [0.25, 0.3) is 22.4 Å². The molecule has 0 aliphatic rings. The number of carboxylic acids is 1. The van der Waals surface area contributed by atoms with Gasteiger partial charge in [0.05, 0.1) is 17.3 Å². The van der Waals surface area contributed by atoms with Crippen molar-refractivity contribution in [1.29, 1.82) is 0 Å². The van der Waals surface area contributed by atoms with Gasteiger partial charge in [0.1, 0.15) is 0 Å². The SMILES string of the molecule is CC(C)(C)c1ccc(-c2nc3ccc(NC(=O)CCC(=O)O)cc3c(=O)o2)cc1. The molecular formula is C22H22N2O5. The molecule has 0 unspecified atom stereocenters. The number of nitrogens with zero attached hydrogens (tertiary/aromatic N) is 1. The number of carbonyl (C=O) groups is 2. The second-order valence-electron chi connectivity index (χ2n) is 7.81. The zero-order valence-electron chi connectivity index (χ0n) is 16.5. The third-order valence-corrected chi connectivity index (χ3v) is 4.48. The van der Waals surface area contributed by atoms with Crippen molar-refractivity contribution in [2.75, 3.05) is 5.32 Å². The lowest BCUT2D eigenvalue weighted by Gasteiger charge is -2.18. The zero-order valence-corrected chi connectivity index (χ0v) is 16.5. The Bertz CT molecular complexity index is 1120. The maximum Gasteiger partial charge on any atom is 0.347 e. The van der Waals surface area contributed by atoms with E-state index >= 15 is 0 Å². The molecule has 7 nitrogen and oxygen atoms in total. The van der Waals surface area contributed by atoms with E-state index in [4.69, 9.17) is 9.52 Å². The number of amides is 1. The Morgan fingerprint density at radius 3 is 2.38 bits per heavy atom. The van der Waals surface area contributed by atoms with Crippen LogP contribution in [0.15, 0.2) is 51.7 Å². The summed E-state index contributed by atoms with van der Waals surface area (Å²) in [5.74, 6) is -1.27. The average Bonchev–Trinajstić information content (AvgIpc) is 2.66. The molecule has 0 bridgehead atoms. The van der Waals surface area contributed by atoms with Gasteiger partial charge >= 0.3 is 11.6 Å². The van der Waals surface area contributed by atoms with E-state index < -0.39 is 17.5 Å². The summed E-state index contributed by atoms with van der Waals surface area (Å²) in [4.78, 5) is 39.2. The summed E-state index contributed by atoms with van der Waals surface area (Å²) in [6, 6.07) is 12.4. The second kappa shape index (κ2) is 7.87. The Hall–Kier alpha value is -3.48. The van der Waals surface area contributed by atoms with Crippen LogP contribution in [0.3, 0.4) is 0 Å². The second-order valence-corrected chi connectivity index (χ2v) is 7.81. The third kappa shape index (κ3) is 4.87. The Morgan fingerprint density at radius 2 is 1.76 bits per heavy atom. The molecule has 1 amide bonds. The number of rotatable bonds is 5. The molecule has 29 heavy (non-hydrogen) atoms. The van der Waals surface area contributed by atoms with Crippen molar-refractivity contribution in [2.24, 2.45) is 0 Å². The molecule has 7 heteroatoms. The summed E-state index contributed by atoms with van der Waals surface area (Å²) in [5, 5.41) is 11.4. The lowest BCUT2D eigenvalue weighted by atomic mass is 9.87. The van der Waals surface area contributed by atoms with E-state index in [1.807, 2.05) is 24.3 Å². The van der Waals surface area contributed by atoms with E-state index in [2.05, 4.69) is 31.1 Å². The van der Waals surface area contributed by atoms with Crippen molar-refractivity contribution in [3.05, 3.63) is 58.4 Å². The van der Waals surface area contributed by atoms with Crippen LogP contribution in [-0.2, 0) is 15.0 Å². The quantitative estimate of drug-likeness (QED) is 0.678. The van der Waals surface area contributed by atoms with Crippen LogP contribution in [0.4, 0.5) is 5.69 Å². The van der Waals surface area contributed by atoms with Crippen LogP contribution in [0.5, 0.6) is 0 Å². The lowest BCUT2D eigenvalue weighted by molar-refractivity contribution is -0.138. The molecule has 0 aliphatic heterocycles. The highest BCUT2D eigenvalue weighted by Crippen LogP contribution is 2.26. The van der Waals surface area contributed by atoms with Gasteiger partial charge in [0.2, 0.25) is 11.8 Å². The van der Waals surface area contributed by atoms with Crippen LogP contribution < -0.4 is 10.9 Å². The van der Waals surface area contributed by atoms with Gasteiger partial charge in [-0.05, 0) is 41.3 Å². The van der Waals surface area contributed by atoms with Gasteiger partial charge in [-0.2, -0.15) is 0 Å². The van der Waals surface area contributed by atoms with Gasteiger partial charge in [0.25, 0.3) is 0 Å². The summed E-state index contributed by atoms with van der Waals surface area (Å²) in [6.07, 6.45) is -0.413. The van der Waals surface area contributed by atoms with E-state index in [1.165, 1.54) is 6.07 Å². The molecule has 0 saturated carbocycles. The number of hydrogen-bond donors (Lipinski definition) is 2. The van der Waals surface area contributed by atoms with E-state index in [0.717, 1.165) is 5.56 Å². The topological polar surface area (TPSA) is 110 Å². The number of fused-ring (bicyclic) bond motifs is 1. The Morgan fingerprint density at radius 1 is 1.07 bits per heavy atom. The monoisotopic (exact) mass is 394 g/mol. The summed E-state index contributed by atoms with van der Waals surface area (Å²) >= 11 is 0. The van der Waals surface area contributed by atoms with Gasteiger partial charge in [-0.3, -0.25) is 9.59 Å². The molecule has 1 aromatic heterocycles. The predicted molar refractivity (Wildman–Crippen MR) is 110 cm³/mol. The van der Waals surface area contributed by atoms with E-state index in [-0.39, 0.29) is 29.5 Å². The van der Waals surface area contributed by atoms with E-state index in [9.17, 15) is 14.4 Å². The van der Waals surface area contributed by atoms with Gasteiger partial charge in [-0.1, -0.05) is 32.9 Å². The van der Waals surface area contributed by atoms with E-state index in [1.54, 1.807) is 12.1 Å². The van der Waals surface area contributed by atoms with Crippen molar-refractivity contribution in [2.45, 2.75) is 39.0 Å². The van der Waals surface area contributed by atoms with Crippen molar-refractivity contribution < 1.29 is 19.1 Å². The van der Waals surface area contributed by atoms with Crippen LogP contribution >= 0.6 is 0 Å². The fourth-order valence-electron chi connectivity index (χ4n) is 2.83. The predicted octanol–water partition coefficient (Wildman–Crippen LogP) is 3.96. The maximum atomic E-state index is 12.5. The minimum absolute atomic E-state index is 0.0154. The third-order valence-electron chi connectivity index (χ3n) is 4.48. The molecule has 0 aliphatic carbocycles. The number of aliphatic carboxylic acids is 1. The molecule has 2 N–H and O–H groups in total. The summed E-state index contributed by atoms with van der Waals surface area (Å²) in [7, 11) is 0. The highest BCUT2D eigenvalue weighted by molar-refractivity contribution is 5.94. The molecule has 3 rings (SSSR count). The number of nitrogens with one attached hydrogen (secondary N) is 1. The molecule has 0 spiro atoms. The number of carbonyl (C=O) groups excluding carboxylic acids is 1. The van der Waals surface area contributed by atoms with Crippen LogP contribution in [0.2, 0.25) is 0 Å². The Balaban J connectivity index is 1.87. The normalized spacial score (nSPS) is 11.4. The standard InChI is InChI=1S/C22H22N2O5/c1-22(2,3)14-6-4-13(5-7-14)20-24-17-9-8-15(12-16(17)21(28)29-20)23-18(25)10-11-19(26)27/h4-9,12H,10-11H2,1-3H3,(H,23,25)(H,26,27). The first kappa shape index (κ1) is 20.3. The molecule has 0 fully saturated rings. The number of carboxylic acid groups (broad SMARTS) is 1. The largest absolute Gasteiger partial charge is 0.481 e. The summed E-state index contributed by atoms with van der Waals surface area (Å²) < 4.78 is 5.38.